The normalized spacial score (nSPS) is 16.1. The first kappa shape index (κ1) is 16.4. The summed E-state index contributed by atoms with van der Waals surface area (Å²) in [6, 6.07) is 13.6. The maximum atomic E-state index is 12.3. The lowest BCUT2D eigenvalue weighted by Crippen LogP contribution is -2.27. The summed E-state index contributed by atoms with van der Waals surface area (Å²) in [5.41, 5.74) is 5.31. The van der Waals surface area contributed by atoms with Gasteiger partial charge >= 0.3 is 0 Å². The molecular weight excluding hydrogens is 355 g/mol. The number of carbonyl (C=O) groups is 1. The number of rotatable bonds is 4. The Bertz CT molecular complexity index is 918. The molecule has 25 heavy (non-hydrogen) atoms. The van der Waals surface area contributed by atoms with Gasteiger partial charge < -0.3 is 4.90 Å². The van der Waals surface area contributed by atoms with E-state index in [2.05, 4.69) is 11.1 Å². The van der Waals surface area contributed by atoms with Crippen LogP contribution >= 0.6 is 23.2 Å². The predicted molar refractivity (Wildman–Crippen MR) is 102 cm³/mol. The summed E-state index contributed by atoms with van der Waals surface area (Å²) < 4.78 is 0. The molecule has 5 heteroatoms. The minimum absolute atomic E-state index is 0.110. The highest BCUT2D eigenvalue weighted by Crippen LogP contribution is 2.29. The van der Waals surface area contributed by atoms with Gasteiger partial charge in [0.05, 0.1) is 18.7 Å². The van der Waals surface area contributed by atoms with Crippen molar-refractivity contribution in [2.45, 2.75) is 19.3 Å². The lowest BCUT2D eigenvalue weighted by atomic mass is 10.0. The molecule has 0 saturated carbocycles. The molecule has 0 aliphatic carbocycles. The van der Waals surface area contributed by atoms with Crippen LogP contribution in [0, 0.1) is 0 Å². The van der Waals surface area contributed by atoms with Gasteiger partial charge in [-0.25, -0.2) is 0 Å². The van der Waals surface area contributed by atoms with E-state index < -0.39 is 0 Å². The summed E-state index contributed by atoms with van der Waals surface area (Å²) in [5.74, 6) is 0.110. The van der Waals surface area contributed by atoms with Crippen LogP contribution in [0.5, 0.6) is 0 Å². The fourth-order valence-corrected chi connectivity index (χ4v) is 3.75. The molecule has 1 amide bonds. The van der Waals surface area contributed by atoms with Crippen molar-refractivity contribution < 1.29 is 4.79 Å². The van der Waals surface area contributed by atoms with Crippen molar-refractivity contribution in [2.75, 3.05) is 6.54 Å². The maximum Gasteiger partial charge on any atom is 0.231 e. The molecule has 3 nitrogen and oxygen atoms in total. The third-order valence-corrected chi connectivity index (χ3v) is 5.07. The third kappa shape index (κ3) is 3.48. The number of nitrogens with zero attached hydrogens (tertiary/aromatic N) is 2. The Morgan fingerprint density at radius 1 is 1.08 bits per heavy atom. The molecule has 0 atom stereocenters. The van der Waals surface area contributed by atoms with Crippen molar-refractivity contribution >= 4 is 40.5 Å². The highest BCUT2D eigenvalue weighted by molar-refractivity contribution is 6.35. The van der Waals surface area contributed by atoms with Gasteiger partial charge in [0.15, 0.2) is 0 Å². The largest absolute Gasteiger partial charge is 0.313 e. The molecule has 0 saturated heterocycles. The molecule has 4 rings (SSSR count). The Morgan fingerprint density at radius 3 is 2.72 bits per heavy atom. The summed E-state index contributed by atoms with van der Waals surface area (Å²) in [6.07, 6.45) is 3.84. The van der Waals surface area contributed by atoms with E-state index in [1.807, 2.05) is 36.5 Å². The van der Waals surface area contributed by atoms with Crippen LogP contribution in [0.25, 0.3) is 0 Å². The van der Waals surface area contributed by atoms with Gasteiger partial charge in [0.1, 0.15) is 0 Å². The topological polar surface area (TPSA) is 32.7 Å². The minimum atomic E-state index is 0.110. The van der Waals surface area contributed by atoms with E-state index >= 15 is 0 Å². The number of halogens is 2. The smallest absolute Gasteiger partial charge is 0.231 e. The lowest BCUT2D eigenvalue weighted by Gasteiger charge is -2.12. The molecule has 2 aromatic carbocycles. The lowest BCUT2D eigenvalue weighted by molar-refractivity contribution is -0.126. The van der Waals surface area contributed by atoms with Crippen LogP contribution in [-0.2, 0) is 17.6 Å². The second kappa shape index (κ2) is 6.66. The van der Waals surface area contributed by atoms with Gasteiger partial charge in [0, 0.05) is 28.4 Å². The Kier molecular flexibility index (Phi) is 4.36. The first-order chi connectivity index (χ1) is 12.1. The molecular formula is C20H16Cl2N2O. The van der Waals surface area contributed by atoms with Crippen LogP contribution < -0.4 is 0 Å². The molecule has 0 radical (unpaired) electrons. The molecule has 2 aliphatic heterocycles. The van der Waals surface area contributed by atoms with Crippen LogP contribution in [0.3, 0.4) is 0 Å². The summed E-state index contributed by atoms with van der Waals surface area (Å²) >= 11 is 12.2. The van der Waals surface area contributed by atoms with Crippen molar-refractivity contribution in [1.29, 1.82) is 0 Å². The van der Waals surface area contributed by atoms with Crippen LogP contribution in [0.2, 0.25) is 10.0 Å². The van der Waals surface area contributed by atoms with Crippen LogP contribution in [0.1, 0.15) is 17.5 Å². The number of fused-ring (bicyclic) bond motifs is 1. The summed E-state index contributed by atoms with van der Waals surface area (Å²) in [7, 11) is 0. The Labute approximate surface area is 156 Å². The molecule has 0 unspecified atom stereocenters. The monoisotopic (exact) mass is 370 g/mol. The highest BCUT2D eigenvalue weighted by atomic mass is 35.5. The Morgan fingerprint density at radius 2 is 1.92 bits per heavy atom. The molecule has 2 heterocycles. The second-order valence-corrected chi connectivity index (χ2v) is 7.23. The molecule has 0 bridgehead atoms. The number of para-hydroxylation sites is 1. The Hall–Kier alpha value is -2.10. The summed E-state index contributed by atoms with van der Waals surface area (Å²) in [5, 5.41) is 1.25. The van der Waals surface area contributed by atoms with Gasteiger partial charge in [-0.1, -0.05) is 47.5 Å². The number of hydrogen-bond acceptors (Lipinski definition) is 2. The zero-order chi connectivity index (χ0) is 17.4. The average Bonchev–Trinajstić information content (AvgIpc) is 3.13. The first-order valence-corrected chi connectivity index (χ1v) is 8.91. The van der Waals surface area contributed by atoms with Gasteiger partial charge in [-0.15, -0.1) is 0 Å². The standard InChI is InChI=1S/C20H16Cl2N2O/c21-16-6-5-14(18(22)10-16)7-13-8-20(25)24(11-13)12-17-9-15-3-1-2-4-19(15)23-17/h1-6,10-11H,7-9,12H2. The molecule has 0 fully saturated rings. The fraction of sp³-hybridized carbons (Fsp3) is 0.200. The van der Waals surface area contributed by atoms with Crippen molar-refractivity contribution in [3.05, 3.63) is 75.4 Å². The van der Waals surface area contributed by atoms with Gasteiger partial charge in [-0.3, -0.25) is 9.79 Å². The van der Waals surface area contributed by atoms with Crippen LogP contribution in [0.4, 0.5) is 5.69 Å². The molecule has 0 aromatic heterocycles. The SMILES string of the molecule is O=C1CC(Cc2ccc(Cl)cc2Cl)=CN1CC1=Nc2ccccc2C1. The zero-order valence-corrected chi connectivity index (χ0v) is 15.0. The molecule has 126 valence electrons. The van der Waals surface area contributed by atoms with E-state index in [4.69, 9.17) is 23.2 Å². The van der Waals surface area contributed by atoms with E-state index in [9.17, 15) is 4.79 Å². The Balaban J connectivity index is 1.46. The number of hydrogen-bond donors (Lipinski definition) is 0. The maximum absolute atomic E-state index is 12.3. The fourth-order valence-electron chi connectivity index (χ4n) is 3.27. The quantitative estimate of drug-likeness (QED) is 0.746. The molecule has 2 aromatic rings. The third-order valence-electron chi connectivity index (χ3n) is 4.49. The van der Waals surface area contributed by atoms with Crippen molar-refractivity contribution in [1.82, 2.24) is 4.90 Å². The van der Waals surface area contributed by atoms with E-state index in [0.717, 1.165) is 29.0 Å². The van der Waals surface area contributed by atoms with Gasteiger partial charge in [0.2, 0.25) is 5.91 Å². The average molecular weight is 371 g/mol. The van der Waals surface area contributed by atoms with E-state index in [0.29, 0.717) is 29.4 Å². The molecule has 0 spiro atoms. The number of benzene rings is 2. The molecule has 2 aliphatic rings. The number of aliphatic imine (C=N–C) groups is 1. The first-order valence-electron chi connectivity index (χ1n) is 8.16. The second-order valence-electron chi connectivity index (χ2n) is 6.38. The number of carbonyl (C=O) groups excluding carboxylic acids is 1. The molecule has 0 N–H and O–H groups in total. The summed E-state index contributed by atoms with van der Waals surface area (Å²) in [6.45, 7) is 0.547. The van der Waals surface area contributed by atoms with Crippen LogP contribution in [0.15, 0.2) is 59.2 Å². The van der Waals surface area contributed by atoms with Crippen molar-refractivity contribution in [3.8, 4) is 0 Å². The predicted octanol–water partition coefficient (Wildman–Crippen LogP) is 4.98. The van der Waals surface area contributed by atoms with Crippen molar-refractivity contribution in [2.24, 2.45) is 4.99 Å². The summed E-state index contributed by atoms with van der Waals surface area (Å²) in [4.78, 5) is 18.7. The van der Waals surface area contributed by atoms with Gasteiger partial charge in [-0.05, 0) is 41.3 Å². The number of amides is 1. The van der Waals surface area contributed by atoms with E-state index in [-0.39, 0.29) is 5.91 Å². The minimum Gasteiger partial charge on any atom is -0.313 e. The highest BCUT2D eigenvalue weighted by Gasteiger charge is 2.25. The van der Waals surface area contributed by atoms with Crippen LogP contribution in [-0.4, -0.2) is 23.1 Å². The van der Waals surface area contributed by atoms with E-state index in [1.165, 1.54) is 5.56 Å². The van der Waals surface area contributed by atoms with Gasteiger partial charge in [0.25, 0.3) is 0 Å². The van der Waals surface area contributed by atoms with E-state index in [1.54, 1.807) is 11.0 Å². The van der Waals surface area contributed by atoms with Crippen molar-refractivity contribution in [3.63, 3.8) is 0 Å². The van der Waals surface area contributed by atoms with Gasteiger partial charge in [-0.2, -0.15) is 0 Å². The zero-order valence-electron chi connectivity index (χ0n) is 13.5.